The average molecular weight is 280 g/mol. The number of benzene rings is 1. The third-order valence-corrected chi connectivity index (χ3v) is 3.45. The van der Waals surface area contributed by atoms with E-state index >= 15 is 0 Å². The fourth-order valence-electron chi connectivity index (χ4n) is 2.28. The van der Waals surface area contributed by atoms with Gasteiger partial charge in [0.05, 0.1) is 0 Å². The fourth-order valence-corrected chi connectivity index (χ4v) is 2.28. The zero-order valence-electron chi connectivity index (χ0n) is 11.7. The van der Waals surface area contributed by atoms with E-state index in [0.717, 1.165) is 19.4 Å². The Hall–Kier alpha value is -1.62. The van der Waals surface area contributed by atoms with Gasteiger partial charge in [0, 0.05) is 12.6 Å². The van der Waals surface area contributed by atoms with Crippen LogP contribution in [0.3, 0.4) is 0 Å². The summed E-state index contributed by atoms with van der Waals surface area (Å²) >= 11 is 0. The molecular weight excluding hydrogens is 259 g/mol. The second-order valence-electron chi connectivity index (χ2n) is 4.98. The van der Waals surface area contributed by atoms with Gasteiger partial charge in [-0.05, 0) is 37.9 Å². The Labute approximate surface area is 118 Å². The number of carbonyl (C=O) groups is 1. The third kappa shape index (κ3) is 3.93. The molecule has 0 saturated carbocycles. The van der Waals surface area contributed by atoms with Crippen molar-refractivity contribution < 1.29 is 13.9 Å². The first kappa shape index (κ1) is 14.8. The number of hydrogen-bond donors (Lipinski definition) is 2. The summed E-state index contributed by atoms with van der Waals surface area (Å²) in [6.07, 6.45) is 2.06. The van der Waals surface area contributed by atoms with Crippen LogP contribution in [0.5, 0.6) is 5.75 Å². The Morgan fingerprint density at radius 3 is 3.00 bits per heavy atom. The van der Waals surface area contributed by atoms with Gasteiger partial charge in [0.25, 0.3) is 5.91 Å². The molecule has 0 bridgehead atoms. The number of ether oxygens (including phenoxy) is 1. The Bertz CT molecular complexity index is 447. The third-order valence-electron chi connectivity index (χ3n) is 3.45. The molecule has 0 aliphatic carbocycles. The van der Waals surface area contributed by atoms with Gasteiger partial charge in [-0.3, -0.25) is 4.79 Å². The minimum atomic E-state index is -0.659. The van der Waals surface area contributed by atoms with E-state index in [1.807, 2.05) is 6.92 Å². The van der Waals surface area contributed by atoms with Crippen LogP contribution < -0.4 is 15.4 Å². The van der Waals surface area contributed by atoms with Gasteiger partial charge in [-0.2, -0.15) is 0 Å². The molecule has 1 aliphatic rings. The molecule has 1 heterocycles. The highest BCUT2D eigenvalue weighted by molar-refractivity contribution is 5.81. The summed E-state index contributed by atoms with van der Waals surface area (Å²) in [4.78, 5) is 12.1. The van der Waals surface area contributed by atoms with Crippen LogP contribution in [0.25, 0.3) is 0 Å². The maximum absolute atomic E-state index is 13.5. The van der Waals surface area contributed by atoms with Crippen molar-refractivity contribution >= 4 is 5.91 Å². The molecule has 1 aliphatic heterocycles. The van der Waals surface area contributed by atoms with Crippen molar-refractivity contribution in [2.24, 2.45) is 0 Å². The highest BCUT2D eigenvalue weighted by Gasteiger charge is 2.21. The highest BCUT2D eigenvalue weighted by atomic mass is 19.1. The number of carbonyl (C=O) groups excluding carboxylic acids is 1. The molecule has 20 heavy (non-hydrogen) atoms. The summed E-state index contributed by atoms with van der Waals surface area (Å²) in [5, 5.41) is 6.18. The summed E-state index contributed by atoms with van der Waals surface area (Å²) < 4.78 is 19.0. The molecule has 0 spiro atoms. The number of halogens is 1. The molecule has 2 rings (SSSR count). The quantitative estimate of drug-likeness (QED) is 0.836. The van der Waals surface area contributed by atoms with Crippen LogP contribution in [0, 0.1) is 5.82 Å². The zero-order chi connectivity index (χ0) is 14.4. The van der Waals surface area contributed by atoms with Gasteiger partial charge in [-0.15, -0.1) is 0 Å². The maximum atomic E-state index is 13.5. The summed E-state index contributed by atoms with van der Waals surface area (Å²) in [5.41, 5.74) is 0. The van der Waals surface area contributed by atoms with E-state index in [-0.39, 0.29) is 11.7 Å². The molecule has 1 aromatic rings. The summed E-state index contributed by atoms with van der Waals surface area (Å²) in [6, 6.07) is 6.47. The molecule has 1 amide bonds. The summed E-state index contributed by atoms with van der Waals surface area (Å²) in [6.45, 7) is 3.44. The van der Waals surface area contributed by atoms with Gasteiger partial charge in [-0.25, -0.2) is 4.39 Å². The molecule has 0 aromatic heterocycles. The molecule has 1 aromatic carbocycles. The number of amides is 1. The number of hydrogen-bond acceptors (Lipinski definition) is 3. The monoisotopic (exact) mass is 280 g/mol. The van der Waals surface area contributed by atoms with Gasteiger partial charge in [-0.1, -0.05) is 19.1 Å². The smallest absolute Gasteiger partial charge is 0.261 e. The lowest BCUT2D eigenvalue weighted by molar-refractivity contribution is -0.128. The predicted octanol–water partition coefficient (Wildman–Crippen LogP) is 1.85. The summed E-state index contributed by atoms with van der Waals surface area (Å²) in [7, 11) is 0. The van der Waals surface area contributed by atoms with Crippen LogP contribution in [-0.4, -0.2) is 31.1 Å². The molecular formula is C15H21FN2O2. The second kappa shape index (κ2) is 7.24. The van der Waals surface area contributed by atoms with Crippen molar-refractivity contribution in [3.8, 4) is 5.75 Å². The Morgan fingerprint density at radius 1 is 1.55 bits per heavy atom. The van der Waals surface area contributed by atoms with E-state index in [1.54, 1.807) is 12.1 Å². The first-order valence-corrected chi connectivity index (χ1v) is 7.13. The molecule has 0 radical (unpaired) electrons. The van der Waals surface area contributed by atoms with Gasteiger partial charge >= 0.3 is 0 Å². The van der Waals surface area contributed by atoms with Crippen LogP contribution in [0.4, 0.5) is 4.39 Å². The van der Waals surface area contributed by atoms with E-state index in [4.69, 9.17) is 4.74 Å². The molecule has 2 atom stereocenters. The second-order valence-corrected chi connectivity index (χ2v) is 4.98. The summed E-state index contributed by atoms with van der Waals surface area (Å²) in [5.74, 6) is -0.519. The van der Waals surface area contributed by atoms with Crippen molar-refractivity contribution in [3.05, 3.63) is 30.1 Å². The van der Waals surface area contributed by atoms with Gasteiger partial charge in [0.1, 0.15) is 0 Å². The molecule has 2 N–H and O–H groups in total. The normalized spacial score (nSPS) is 19.6. The zero-order valence-corrected chi connectivity index (χ0v) is 11.7. The Kier molecular flexibility index (Phi) is 5.35. The lowest BCUT2D eigenvalue weighted by Crippen LogP contribution is -2.43. The van der Waals surface area contributed by atoms with Crippen molar-refractivity contribution in [1.82, 2.24) is 10.6 Å². The highest BCUT2D eigenvalue weighted by Crippen LogP contribution is 2.18. The number of rotatable bonds is 6. The molecule has 110 valence electrons. The van der Waals surface area contributed by atoms with Gasteiger partial charge in [0.2, 0.25) is 0 Å². The predicted molar refractivity (Wildman–Crippen MR) is 75.1 cm³/mol. The Balaban J connectivity index is 1.87. The van der Waals surface area contributed by atoms with Crippen molar-refractivity contribution in [1.29, 1.82) is 0 Å². The molecule has 1 saturated heterocycles. The molecule has 4 nitrogen and oxygen atoms in total. The largest absolute Gasteiger partial charge is 0.478 e. The van der Waals surface area contributed by atoms with Crippen LogP contribution in [0.15, 0.2) is 24.3 Å². The molecule has 2 unspecified atom stereocenters. The van der Waals surface area contributed by atoms with Crippen molar-refractivity contribution in [2.75, 3.05) is 13.1 Å². The first-order valence-electron chi connectivity index (χ1n) is 7.13. The van der Waals surface area contributed by atoms with Gasteiger partial charge in [0.15, 0.2) is 17.7 Å². The maximum Gasteiger partial charge on any atom is 0.261 e. The van der Waals surface area contributed by atoms with Crippen LogP contribution >= 0.6 is 0 Å². The average Bonchev–Trinajstić information content (AvgIpc) is 2.97. The van der Waals surface area contributed by atoms with E-state index in [9.17, 15) is 9.18 Å². The minimum absolute atomic E-state index is 0.119. The number of para-hydroxylation sites is 1. The SMILES string of the molecule is CCC(Oc1ccccc1F)C(=O)NCC1CCCN1. The van der Waals surface area contributed by atoms with E-state index in [0.29, 0.717) is 19.0 Å². The standard InChI is InChI=1S/C15H21FN2O2/c1-2-13(20-14-8-4-3-7-12(14)16)15(19)18-10-11-6-5-9-17-11/h3-4,7-8,11,13,17H,2,5-6,9-10H2,1H3,(H,18,19). The van der Waals surface area contributed by atoms with Crippen LogP contribution in [0.1, 0.15) is 26.2 Å². The van der Waals surface area contributed by atoms with Crippen LogP contribution in [0.2, 0.25) is 0 Å². The van der Waals surface area contributed by atoms with Crippen molar-refractivity contribution in [2.45, 2.75) is 38.3 Å². The number of nitrogens with one attached hydrogen (secondary N) is 2. The van der Waals surface area contributed by atoms with Gasteiger partial charge < -0.3 is 15.4 Å². The van der Waals surface area contributed by atoms with Crippen LogP contribution in [-0.2, 0) is 4.79 Å². The molecule has 1 fully saturated rings. The topological polar surface area (TPSA) is 50.4 Å². The lowest BCUT2D eigenvalue weighted by Gasteiger charge is -2.19. The lowest BCUT2D eigenvalue weighted by atomic mass is 10.2. The van der Waals surface area contributed by atoms with E-state index in [1.165, 1.54) is 12.1 Å². The molecule has 5 heteroatoms. The fraction of sp³-hybridized carbons (Fsp3) is 0.533. The van der Waals surface area contributed by atoms with Crippen molar-refractivity contribution in [3.63, 3.8) is 0 Å². The Morgan fingerprint density at radius 2 is 2.35 bits per heavy atom. The van der Waals surface area contributed by atoms with E-state index in [2.05, 4.69) is 10.6 Å². The van der Waals surface area contributed by atoms with E-state index < -0.39 is 11.9 Å². The first-order chi connectivity index (χ1) is 9.70. The minimum Gasteiger partial charge on any atom is -0.478 e.